The summed E-state index contributed by atoms with van der Waals surface area (Å²) in [4.78, 5) is 17.5. The van der Waals surface area contributed by atoms with E-state index in [2.05, 4.69) is 18.0 Å². The summed E-state index contributed by atoms with van der Waals surface area (Å²) < 4.78 is 15.2. The van der Waals surface area contributed by atoms with E-state index in [-0.39, 0.29) is 0 Å². The first kappa shape index (κ1) is 26.8. The predicted molar refractivity (Wildman–Crippen MR) is 111 cm³/mol. The number of aliphatic hydroxyl groups is 1. The number of hydrogen-bond acceptors (Lipinski definition) is 4. The van der Waals surface area contributed by atoms with E-state index < -0.39 is 26.1 Å². The monoisotopic (exact) mass is 407 g/mol. The summed E-state index contributed by atoms with van der Waals surface area (Å²) in [7, 11) is -4.61. The van der Waals surface area contributed by atoms with Gasteiger partial charge in [0.1, 0.15) is 0 Å². The van der Waals surface area contributed by atoms with Crippen LogP contribution in [0.3, 0.4) is 0 Å². The molecule has 0 aromatic carbocycles. The molecule has 6 nitrogen and oxygen atoms in total. The molecule has 0 radical (unpaired) electrons. The molecule has 5 N–H and O–H groups in total. The maximum Gasteiger partial charge on any atom is 0.469 e. The highest BCUT2D eigenvalue weighted by Gasteiger charge is 2.33. The molecule has 0 aromatic rings. The first-order valence-electron chi connectivity index (χ1n) is 10.6. The van der Waals surface area contributed by atoms with Crippen molar-refractivity contribution < 1.29 is 24.0 Å². The van der Waals surface area contributed by atoms with Crippen molar-refractivity contribution in [2.75, 3.05) is 6.61 Å². The molecule has 0 heterocycles. The van der Waals surface area contributed by atoms with E-state index in [1.165, 1.54) is 70.3 Å². The molecule has 0 spiro atoms. The van der Waals surface area contributed by atoms with Crippen LogP contribution in [0.5, 0.6) is 0 Å². The second kappa shape index (κ2) is 15.7. The molecule has 2 atom stereocenters. The highest BCUT2D eigenvalue weighted by molar-refractivity contribution is 7.46. The summed E-state index contributed by atoms with van der Waals surface area (Å²) in [6.45, 7) is 5.34. The summed E-state index contributed by atoms with van der Waals surface area (Å²) in [6.07, 6.45) is 17.1. The zero-order chi connectivity index (χ0) is 20.6. The van der Waals surface area contributed by atoms with Crippen molar-refractivity contribution in [3.05, 3.63) is 12.7 Å². The number of aliphatic hydroxyl groups excluding tert-OH is 1. The van der Waals surface area contributed by atoms with E-state index in [0.29, 0.717) is 6.42 Å². The Morgan fingerprint density at radius 2 is 1.37 bits per heavy atom. The van der Waals surface area contributed by atoms with Crippen molar-refractivity contribution in [2.45, 2.75) is 108 Å². The smallest absolute Gasteiger partial charge is 0.391 e. The highest BCUT2D eigenvalue weighted by atomic mass is 31.2. The third-order valence-electron chi connectivity index (χ3n) is 5.06. The zero-order valence-electron chi connectivity index (χ0n) is 17.2. The Morgan fingerprint density at radius 3 is 1.74 bits per heavy atom. The van der Waals surface area contributed by atoms with Gasteiger partial charge < -0.3 is 20.6 Å². The molecule has 0 bridgehead atoms. The zero-order valence-corrected chi connectivity index (χ0v) is 18.0. The number of nitrogens with two attached hydrogens (primary N) is 1. The Balaban J connectivity index is 3.65. The third-order valence-corrected chi connectivity index (χ3v) is 5.53. The molecular formula is C20H42NO5P. The van der Waals surface area contributed by atoms with Crippen LogP contribution < -0.4 is 5.73 Å². The summed E-state index contributed by atoms with van der Waals surface area (Å²) in [6, 6.07) is 0. The molecule has 0 aliphatic rings. The molecule has 0 unspecified atom stereocenters. The molecule has 0 aliphatic carbocycles. The molecule has 162 valence electrons. The normalized spacial score (nSPS) is 15.4. The van der Waals surface area contributed by atoms with Crippen LogP contribution in [-0.4, -0.2) is 33.1 Å². The minimum absolute atomic E-state index is 0.458. The van der Waals surface area contributed by atoms with E-state index in [0.717, 1.165) is 19.3 Å². The molecule has 0 rings (SSSR count). The highest BCUT2D eigenvalue weighted by Crippen LogP contribution is 2.37. The number of phosphoric acid groups is 1. The Kier molecular flexibility index (Phi) is 15.5. The van der Waals surface area contributed by atoms with Crippen LogP contribution in [0.2, 0.25) is 0 Å². The van der Waals surface area contributed by atoms with Crippen LogP contribution in [0.4, 0.5) is 0 Å². The van der Waals surface area contributed by atoms with Gasteiger partial charge in [0.2, 0.25) is 0 Å². The van der Waals surface area contributed by atoms with Crippen LogP contribution in [0.25, 0.3) is 0 Å². The maximum absolute atomic E-state index is 10.8. The Morgan fingerprint density at radius 1 is 0.963 bits per heavy atom. The largest absolute Gasteiger partial charge is 0.469 e. The van der Waals surface area contributed by atoms with E-state index in [9.17, 15) is 9.67 Å². The van der Waals surface area contributed by atoms with Crippen LogP contribution >= 0.6 is 7.82 Å². The number of unbranched alkanes of at least 4 members (excludes halogenated alkanes) is 12. The fourth-order valence-corrected chi connectivity index (χ4v) is 3.50. The topological polar surface area (TPSA) is 113 Å². The standard InChI is InChI=1S/C20H42NO5P/c1-3-5-6-7-8-9-10-11-12-13-14-15-16-17-19(22)20(21,4-2)18-26-27(23,24)25/h4,19,22H,2-3,5-18,21H2,1H3,(H2,23,24,25)/t19-,20+/m1/s1. The predicted octanol–water partition coefficient (Wildman–Crippen LogP) is 4.82. The van der Waals surface area contributed by atoms with Crippen LogP contribution in [-0.2, 0) is 9.09 Å². The van der Waals surface area contributed by atoms with Gasteiger partial charge in [-0.15, -0.1) is 6.58 Å². The number of hydrogen-bond donors (Lipinski definition) is 4. The van der Waals surface area contributed by atoms with Crippen molar-refractivity contribution in [2.24, 2.45) is 5.73 Å². The SMILES string of the molecule is C=C[C@](N)(COP(=O)(O)O)[C@H](O)CCCCCCCCCCCCCCC. The minimum Gasteiger partial charge on any atom is -0.391 e. The van der Waals surface area contributed by atoms with E-state index in [4.69, 9.17) is 15.5 Å². The van der Waals surface area contributed by atoms with Crippen LogP contribution in [0, 0.1) is 0 Å². The van der Waals surface area contributed by atoms with Crippen molar-refractivity contribution in [1.82, 2.24) is 0 Å². The van der Waals surface area contributed by atoms with Crippen molar-refractivity contribution in [3.63, 3.8) is 0 Å². The number of phosphoric ester groups is 1. The summed E-state index contributed by atoms with van der Waals surface area (Å²) >= 11 is 0. The van der Waals surface area contributed by atoms with Gasteiger partial charge in [-0.25, -0.2) is 4.57 Å². The average molecular weight is 408 g/mol. The number of rotatable bonds is 19. The van der Waals surface area contributed by atoms with E-state index >= 15 is 0 Å². The maximum atomic E-state index is 10.8. The van der Waals surface area contributed by atoms with Gasteiger partial charge in [-0.2, -0.15) is 0 Å². The molecule has 0 aliphatic heterocycles. The molecule has 0 aromatic heterocycles. The molecule has 27 heavy (non-hydrogen) atoms. The lowest BCUT2D eigenvalue weighted by molar-refractivity contribution is 0.0582. The van der Waals surface area contributed by atoms with Crippen LogP contribution in [0.15, 0.2) is 12.7 Å². The van der Waals surface area contributed by atoms with Gasteiger partial charge in [-0.1, -0.05) is 96.5 Å². The minimum atomic E-state index is -4.61. The van der Waals surface area contributed by atoms with Gasteiger partial charge in [-0.05, 0) is 6.42 Å². The summed E-state index contributed by atoms with van der Waals surface area (Å²) in [5.74, 6) is 0. The lowest BCUT2D eigenvalue weighted by atomic mass is 9.90. The molecule has 0 saturated heterocycles. The molecule has 0 amide bonds. The van der Waals surface area contributed by atoms with Gasteiger partial charge in [0.05, 0.1) is 18.2 Å². The Hall–Kier alpha value is -0.230. The summed E-state index contributed by atoms with van der Waals surface area (Å²) in [5.41, 5.74) is 4.61. The van der Waals surface area contributed by atoms with Crippen molar-refractivity contribution in [3.8, 4) is 0 Å². The average Bonchev–Trinajstić information content (AvgIpc) is 2.62. The van der Waals surface area contributed by atoms with Gasteiger partial charge >= 0.3 is 7.82 Å². The first-order chi connectivity index (χ1) is 12.7. The molecular weight excluding hydrogens is 365 g/mol. The van der Waals surface area contributed by atoms with Crippen LogP contribution in [0.1, 0.15) is 96.8 Å². The van der Waals surface area contributed by atoms with Gasteiger partial charge in [-0.3, -0.25) is 4.52 Å². The fraction of sp³-hybridized carbons (Fsp3) is 0.900. The second-order valence-corrected chi connectivity index (χ2v) is 8.87. The fourth-order valence-electron chi connectivity index (χ4n) is 3.11. The van der Waals surface area contributed by atoms with Gasteiger partial charge in [0.15, 0.2) is 0 Å². The Labute approximate surface area is 165 Å². The lowest BCUT2D eigenvalue weighted by Crippen LogP contribution is -2.52. The van der Waals surface area contributed by atoms with E-state index in [1.54, 1.807) is 0 Å². The second-order valence-electron chi connectivity index (χ2n) is 7.63. The summed E-state index contributed by atoms with van der Waals surface area (Å²) in [5, 5.41) is 10.2. The first-order valence-corrected chi connectivity index (χ1v) is 12.1. The van der Waals surface area contributed by atoms with Crippen molar-refractivity contribution >= 4 is 7.82 Å². The van der Waals surface area contributed by atoms with Gasteiger partial charge in [0.25, 0.3) is 0 Å². The third kappa shape index (κ3) is 15.4. The Bertz CT molecular complexity index is 415. The van der Waals surface area contributed by atoms with Gasteiger partial charge in [0, 0.05) is 0 Å². The molecule has 0 saturated carbocycles. The quantitative estimate of drug-likeness (QED) is 0.139. The van der Waals surface area contributed by atoms with E-state index in [1.807, 2.05) is 0 Å². The molecule has 7 heteroatoms. The lowest BCUT2D eigenvalue weighted by Gasteiger charge is -2.31. The van der Waals surface area contributed by atoms with Crippen molar-refractivity contribution in [1.29, 1.82) is 0 Å². The molecule has 0 fully saturated rings.